The zero-order valence-corrected chi connectivity index (χ0v) is 12.9. The molecule has 0 atom stereocenters. The average Bonchev–Trinajstić information content (AvgIpc) is 2.40. The topological polar surface area (TPSA) is 37.8 Å². The minimum absolute atomic E-state index is 0.340. The number of benzene rings is 1. The molecule has 0 saturated carbocycles. The molecule has 0 aliphatic rings. The zero-order valence-electron chi connectivity index (χ0n) is 12.2. The van der Waals surface area contributed by atoms with E-state index in [1.54, 1.807) is 0 Å². The maximum Gasteiger partial charge on any atom is 0.133 e. The number of halogens is 1. The van der Waals surface area contributed by atoms with Crippen molar-refractivity contribution in [3.63, 3.8) is 0 Å². The third-order valence-electron chi connectivity index (χ3n) is 3.02. The lowest BCUT2D eigenvalue weighted by molar-refractivity contribution is 0.766. The van der Waals surface area contributed by atoms with Gasteiger partial charge in [0.1, 0.15) is 11.6 Å². The molecule has 3 nitrogen and oxygen atoms in total. The molecule has 0 aliphatic heterocycles. The number of rotatable bonds is 5. The molecule has 0 bridgehead atoms. The van der Waals surface area contributed by atoms with Gasteiger partial charge in [-0.2, -0.15) is 0 Å². The Hall–Kier alpha value is -1.61. The molecule has 1 aromatic carbocycles. The van der Waals surface area contributed by atoms with Crippen LogP contribution in [0.3, 0.4) is 0 Å². The van der Waals surface area contributed by atoms with Gasteiger partial charge < -0.3 is 5.32 Å². The van der Waals surface area contributed by atoms with Crippen LogP contribution in [0.25, 0.3) is 0 Å². The van der Waals surface area contributed by atoms with Gasteiger partial charge in [-0.25, -0.2) is 9.97 Å². The Bertz CT molecular complexity index is 564. The fourth-order valence-corrected chi connectivity index (χ4v) is 2.05. The van der Waals surface area contributed by atoms with E-state index < -0.39 is 0 Å². The molecule has 0 spiro atoms. The first kappa shape index (κ1) is 14.8. The van der Waals surface area contributed by atoms with Gasteiger partial charge in [0.05, 0.1) is 0 Å². The molecule has 106 valence electrons. The summed E-state index contributed by atoms with van der Waals surface area (Å²) in [4.78, 5) is 8.98. The van der Waals surface area contributed by atoms with Crippen LogP contribution in [0.2, 0.25) is 5.02 Å². The summed E-state index contributed by atoms with van der Waals surface area (Å²) in [5.41, 5.74) is 2.26. The van der Waals surface area contributed by atoms with Gasteiger partial charge in [-0.1, -0.05) is 37.6 Å². The molecule has 0 radical (unpaired) electrons. The zero-order chi connectivity index (χ0) is 14.5. The van der Waals surface area contributed by atoms with Crippen molar-refractivity contribution in [1.29, 1.82) is 0 Å². The van der Waals surface area contributed by atoms with E-state index in [1.165, 1.54) is 5.56 Å². The molecular weight excluding hydrogens is 270 g/mol. The van der Waals surface area contributed by atoms with Crippen molar-refractivity contribution in [2.75, 3.05) is 11.9 Å². The largest absolute Gasteiger partial charge is 0.370 e. The molecule has 2 aromatic rings. The SMILES string of the molecule is Cc1cc(NCCc2ccc(Cl)cc2)nc(C(C)C)n1. The molecule has 0 fully saturated rings. The normalized spacial score (nSPS) is 10.8. The van der Waals surface area contributed by atoms with E-state index >= 15 is 0 Å². The van der Waals surface area contributed by atoms with E-state index in [0.29, 0.717) is 5.92 Å². The van der Waals surface area contributed by atoms with Gasteiger partial charge in [0.2, 0.25) is 0 Å². The molecule has 0 saturated heterocycles. The standard InChI is InChI=1S/C16H20ClN3/c1-11(2)16-19-12(3)10-15(20-16)18-9-8-13-4-6-14(17)7-5-13/h4-7,10-11H,8-9H2,1-3H3,(H,18,19,20). The highest BCUT2D eigenvalue weighted by molar-refractivity contribution is 6.30. The van der Waals surface area contributed by atoms with Crippen LogP contribution < -0.4 is 5.32 Å². The Morgan fingerprint density at radius 2 is 1.85 bits per heavy atom. The fourth-order valence-electron chi connectivity index (χ4n) is 1.93. The molecule has 0 aliphatic carbocycles. The lowest BCUT2D eigenvalue weighted by Gasteiger charge is -2.10. The molecule has 0 unspecified atom stereocenters. The summed E-state index contributed by atoms with van der Waals surface area (Å²) < 4.78 is 0. The van der Waals surface area contributed by atoms with Gasteiger partial charge in [-0.3, -0.25) is 0 Å². The Labute approximate surface area is 125 Å². The summed E-state index contributed by atoms with van der Waals surface area (Å²) in [5, 5.41) is 4.13. The van der Waals surface area contributed by atoms with Gasteiger partial charge in [-0.15, -0.1) is 0 Å². The highest BCUT2D eigenvalue weighted by Gasteiger charge is 2.05. The number of nitrogens with one attached hydrogen (secondary N) is 1. The van der Waals surface area contributed by atoms with E-state index in [0.717, 1.165) is 35.3 Å². The van der Waals surface area contributed by atoms with Crippen LogP contribution in [0.1, 0.15) is 36.8 Å². The minimum Gasteiger partial charge on any atom is -0.370 e. The Kier molecular flexibility index (Phi) is 4.96. The second kappa shape index (κ2) is 6.71. The van der Waals surface area contributed by atoms with Crippen LogP contribution in [0, 0.1) is 6.92 Å². The van der Waals surface area contributed by atoms with E-state index in [1.807, 2.05) is 25.1 Å². The van der Waals surface area contributed by atoms with Crippen molar-refractivity contribution < 1.29 is 0 Å². The summed E-state index contributed by atoms with van der Waals surface area (Å²) in [6, 6.07) is 9.92. The van der Waals surface area contributed by atoms with E-state index in [2.05, 4.69) is 41.3 Å². The number of aromatic nitrogens is 2. The van der Waals surface area contributed by atoms with Crippen LogP contribution in [0.5, 0.6) is 0 Å². The molecule has 2 rings (SSSR count). The molecule has 4 heteroatoms. The van der Waals surface area contributed by atoms with E-state index in [4.69, 9.17) is 11.6 Å². The van der Waals surface area contributed by atoms with Crippen molar-refractivity contribution in [3.05, 3.63) is 52.4 Å². The number of aryl methyl sites for hydroxylation is 1. The average molecular weight is 290 g/mol. The third-order valence-corrected chi connectivity index (χ3v) is 3.27. The van der Waals surface area contributed by atoms with Crippen LogP contribution >= 0.6 is 11.6 Å². The van der Waals surface area contributed by atoms with Crippen molar-refractivity contribution in [3.8, 4) is 0 Å². The smallest absolute Gasteiger partial charge is 0.133 e. The summed E-state index contributed by atoms with van der Waals surface area (Å²) in [6.45, 7) is 7.05. The van der Waals surface area contributed by atoms with Crippen molar-refractivity contribution in [2.24, 2.45) is 0 Å². The quantitative estimate of drug-likeness (QED) is 0.896. The summed E-state index contributed by atoms with van der Waals surface area (Å²) in [6.07, 6.45) is 0.942. The second-order valence-electron chi connectivity index (χ2n) is 5.21. The number of hydrogen-bond donors (Lipinski definition) is 1. The highest BCUT2D eigenvalue weighted by atomic mass is 35.5. The Morgan fingerprint density at radius 3 is 2.50 bits per heavy atom. The second-order valence-corrected chi connectivity index (χ2v) is 5.65. The maximum atomic E-state index is 5.87. The van der Waals surface area contributed by atoms with Crippen molar-refractivity contribution in [1.82, 2.24) is 9.97 Å². The summed E-state index contributed by atoms with van der Waals surface area (Å²) >= 11 is 5.87. The minimum atomic E-state index is 0.340. The van der Waals surface area contributed by atoms with Gasteiger partial charge in [0.15, 0.2) is 0 Å². The molecular formula is C16H20ClN3. The predicted molar refractivity (Wildman–Crippen MR) is 84.5 cm³/mol. The summed E-state index contributed by atoms with van der Waals surface area (Å²) in [5.74, 6) is 2.13. The van der Waals surface area contributed by atoms with Crippen molar-refractivity contribution >= 4 is 17.4 Å². The van der Waals surface area contributed by atoms with Crippen LogP contribution in [0.15, 0.2) is 30.3 Å². The first-order valence-electron chi connectivity index (χ1n) is 6.88. The summed E-state index contributed by atoms with van der Waals surface area (Å²) in [7, 11) is 0. The molecule has 1 N–H and O–H groups in total. The van der Waals surface area contributed by atoms with E-state index in [9.17, 15) is 0 Å². The lowest BCUT2D eigenvalue weighted by Crippen LogP contribution is -2.09. The lowest BCUT2D eigenvalue weighted by atomic mass is 10.1. The van der Waals surface area contributed by atoms with E-state index in [-0.39, 0.29) is 0 Å². The fraction of sp³-hybridized carbons (Fsp3) is 0.375. The number of hydrogen-bond acceptors (Lipinski definition) is 3. The Balaban J connectivity index is 1.95. The van der Waals surface area contributed by atoms with Crippen LogP contribution in [-0.4, -0.2) is 16.5 Å². The monoisotopic (exact) mass is 289 g/mol. The number of anilines is 1. The first-order chi connectivity index (χ1) is 9.54. The van der Waals surface area contributed by atoms with Gasteiger partial charge in [-0.05, 0) is 31.0 Å². The third kappa shape index (κ3) is 4.20. The first-order valence-corrected chi connectivity index (χ1v) is 7.26. The van der Waals surface area contributed by atoms with Gasteiger partial charge in [0, 0.05) is 29.2 Å². The van der Waals surface area contributed by atoms with Crippen molar-refractivity contribution in [2.45, 2.75) is 33.1 Å². The molecule has 0 amide bonds. The predicted octanol–water partition coefficient (Wildman–Crippen LogP) is 4.22. The highest BCUT2D eigenvalue weighted by Crippen LogP contribution is 2.14. The van der Waals surface area contributed by atoms with Crippen LogP contribution in [0.4, 0.5) is 5.82 Å². The Morgan fingerprint density at radius 1 is 1.15 bits per heavy atom. The molecule has 1 aromatic heterocycles. The maximum absolute atomic E-state index is 5.87. The number of nitrogens with zero attached hydrogens (tertiary/aromatic N) is 2. The molecule has 1 heterocycles. The van der Waals surface area contributed by atoms with Gasteiger partial charge in [0.25, 0.3) is 0 Å². The van der Waals surface area contributed by atoms with Gasteiger partial charge >= 0.3 is 0 Å². The van der Waals surface area contributed by atoms with Crippen LogP contribution in [-0.2, 0) is 6.42 Å². The molecule has 20 heavy (non-hydrogen) atoms.